The zero-order chi connectivity index (χ0) is 17.2. The number of aromatic nitrogens is 2. The molecule has 130 valence electrons. The van der Waals surface area contributed by atoms with Gasteiger partial charge in [0.25, 0.3) is 0 Å². The molecule has 0 saturated carbocycles. The van der Waals surface area contributed by atoms with Gasteiger partial charge in [-0.2, -0.15) is 0 Å². The second kappa shape index (κ2) is 6.98. The number of piperidine rings is 1. The largest absolute Gasteiger partial charge is 0.385 e. The summed E-state index contributed by atoms with van der Waals surface area (Å²) in [5, 5.41) is 13.3. The quantitative estimate of drug-likeness (QED) is 0.793. The maximum Gasteiger partial charge on any atom is 0.137 e. The van der Waals surface area contributed by atoms with Gasteiger partial charge in [-0.3, -0.25) is 4.90 Å². The van der Waals surface area contributed by atoms with Gasteiger partial charge in [0, 0.05) is 38.4 Å². The Morgan fingerprint density at radius 2 is 2.04 bits per heavy atom. The highest BCUT2D eigenvalue weighted by Crippen LogP contribution is 2.29. The average molecular weight is 335 g/mol. The average Bonchev–Trinajstić information content (AvgIpc) is 3.07. The van der Waals surface area contributed by atoms with Crippen LogP contribution in [0.15, 0.2) is 54.9 Å². The summed E-state index contributed by atoms with van der Waals surface area (Å²) in [5.41, 5.74) is 1.34. The molecule has 0 radical (unpaired) electrons. The van der Waals surface area contributed by atoms with Gasteiger partial charge in [-0.15, -0.1) is 0 Å². The van der Waals surface area contributed by atoms with Gasteiger partial charge in [0.2, 0.25) is 0 Å². The highest BCUT2D eigenvalue weighted by molar-refractivity contribution is 5.82. The summed E-state index contributed by atoms with van der Waals surface area (Å²) < 4.78 is 1.92. The van der Waals surface area contributed by atoms with E-state index < -0.39 is 6.10 Å². The van der Waals surface area contributed by atoms with Crippen LogP contribution in [0.3, 0.4) is 0 Å². The number of aliphatic hydroxyl groups is 1. The maximum atomic E-state index is 10.7. The standard InChI is InChI=1S/C21H25N3O/c1-23-12-10-22-21(23)20(25)19-7-4-11-24(15-19)14-16-8-9-17-5-2-3-6-18(17)13-16/h2-3,5-6,8-10,12-13,19-20,25H,4,7,11,14-15H2,1H3. The molecule has 25 heavy (non-hydrogen) atoms. The Morgan fingerprint density at radius 1 is 1.20 bits per heavy atom. The van der Waals surface area contributed by atoms with Crippen molar-refractivity contribution < 1.29 is 5.11 Å². The van der Waals surface area contributed by atoms with E-state index in [9.17, 15) is 5.11 Å². The molecule has 1 aliphatic heterocycles. The normalized spacial score (nSPS) is 20.0. The summed E-state index contributed by atoms with van der Waals surface area (Å²) in [7, 11) is 1.95. The smallest absolute Gasteiger partial charge is 0.137 e. The van der Waals surface area contributed by atoms with Crippen molar-refractivity contribution in [2.45, 2.75) is 25.5 Å². The van der Waals surface area contributed by atoms with Crippen LogP contribution in [0.25, 0.3) is 10.8 Å². The molecule has 0 spiro atoms. The fourth-order valence-electron chi connectivity index (χ4n) is 3.96. The molecule has 1 N–H and O–H groups in total. The minimum atomic E-state index is -0.487. The molecule has 2 atom stereocenters. The lowest BCUT2D eigenvalue weighted by atomic mass is 9.91. The molecule has 2 heterocycles. The predicted molar refractivity (Wildman–Crippen MR) is 100 cm³/mol. The fourth-order valence-corrected chi connectivity index (χ4v) is 3.96. The summed E-state index contributed by atoms with van der Waals surface area (Å²) in [6.45, 7) is 2.95. The number of aliphatic hydroxyl groups excluding tert-OH is 1. The van der Waals surface area contributed by atoms with Crippen LogP contribution in [-0.4, -0.2) is 32.6 Å². The number of benzene rings is 2. The molecule has 4 nitrogen and oxygen atoms in total. The van der Waals surface area contributed by atoms with E-state index in [1.54, 1.807) is 6.20 Å². The van der Waals surface area contributed by atoms with Gasteiger partial charge in [-0.25, -0.2) is 4.98 Å². The first-order valence-corrected chi connectivity index (χ1v) is 9.06. The number of imidazole rings is 1. The molecule has 2 aromatic carbocycles. The van der Waals surface area contributed by atoms with Gasteiger partial charge in [0.05, 0.1) is 0 Å². The Hall–Kier alpha value is -2.17. The molecular weight excluding hydrogens is 310 g/mol. The molecule has 4 rings (SSSR count). The minimum Gasteiger partial charge on any atom is -0.385 e. The lowest BCUT2D eigenvalue weighted by Gasteiger charge is -2.35. The van der Waals surface area contributed by atoms with Gasteiger partial charge < -0.3 is 9.67 Å². The molecule has 1 aliphatic rings. The number of fused-ring (bicyclic) bond motifs is 1. The molecule has 0 bridgehead atoms. The monoisotopic (exact) mass is 335 g/mol. The van der Waals surface area contributed by atoms with Crippen molar-refractivity contribution >= 4 is 10.8 Å². The second-order valence-electron chi connectivity index (χ2n) is 7.16. The molecule has 0 amide bonds. The summed E-state index contributed by atoms with van der Waals surface area (Å²) >= 11 is 0. The Bertz CT molecular complexity index is 857. The molecule has 1 fully saturated rings. The Morgan fingerprint density at radius 3 is 2.84 bits per heavy atom. The molecule has 0 aliphatic carbocycles. The van der Waals surface area contributed by atoms with Crippen LogP contribution < -0.4 is 0 Å². The molecular formula is C21H25N3O. The zero-order valence-corrected chi connectivity index (χ0v) is 14.7. The lowest BCUT2D eigenvalue weighted by molar-refractivity contribution is 0.0405. The molecule has 3 aromatic rings. The number of rotatable bonds is 4. The summed E-state index contributed by atoms with van der Waals surface area (Å²) in [4.78, 5) is 6.79. The van der Waals surface area contributed by atoms with Crippen LogP contribution >= 0.6 is 0 Å². The number of aryl methyl sites for hydroxylation is 1. The van der Waals surface area contributed by atoms with E-state index in [4.69, 9.17) is 0 Å². The van der Waals surface area contributed by atoms with E-state index in [-0.39, 0.29) is 5.92 Å². The first kappa shape index (κ1) is 16.3. The predicted octanol–water partition coefficient (Wildman–Crippen LogP) is 3.52. The molecule has 1 saturated heterocycles. The minimum absolute atomic E-state index is 0.246. The van der Waals surface area contributed by atoms with Crippen LogP contribution in [0.1, 0.15) is 30.3 Å². The third-order valence-electron chi connectivity index (χ3n) is 5.33. The fraction of sp³-hybridized carbons (Fsp3) is 0.381. The van der Waals surface area contributed by atoms with Crippen LogP contribution in [0, 0.1) is 5.92 Å². The maximum absolute atomic E-state index is 10.7. The van der Waals surface area contributed by atoms with E-state index in [0.717, 1.165) is 38.3 Å². The van der Waals surface area contributed by atoms with Crippen molar-refractivity contribution in [3.8, 4) is 0 Å². The first-order chi connectivity index (χ1) is 12.2. The van der Waals surface area contributed by atoms with Crippen LogP contribution in [0.5, 0.6) is 0 Å². The number of hydrogen-bond donors (Lipinski definition) is 1. The molecule has 4 heteroatoms. The SMILES string of the molecule is Cn1ccnc1C(O)C1CCCN(Cc2ccc3ccccc3c2)C1. The Kier molecular flexibility index (Phi) is 4.55. The topological polar surface area (TPSA) is 41.3 Å². The van der Waals surface area contributed by atoms with E-state index >= 15 is 0 Å². The summed E-state index contributed by atoms with van der Waals surface area (Å²) in [6, 6.07) is 15.2. The van der Waals surface area contributed by atoms with Crippen LogP contribution in [0.4, 0.5) is 0 Å². The van der Waals surface area contributed by atoms with Crippen molar-refractivity contribution in [1.82, 2.24) is 14.5 Å². The highest BCUT2D eigenvalue weighted by Gasteiger charge is 2.29. The van der Waals surface area contributed by atoms with Crippen molar-refractivity contribution in [1.29, 1.82) is 0 Å². The Balaban J connectivity index is 1.46. The van der Waals surface area contributed by atoms with Crippen molar-refractivity contribution in [3.05, 3.63) is 66.2 Å². The van der Waals surface area contributed by atoms with E-state index in [1.165, 1.54) is 16.3 Å². The lowest BCUT2D eigenvalue weighted by Crippen LogP contribution is -2.37. The number of nitrogens with zero attached hydrogens (tertiary/aromatic N) is 3. The highest BCUT2D eigenvalue weighted by atomic mass is 16.3. The van der Waals surface area contributed by atoms with Gasteiger partial charge in [0.1, 0.15) is 11.9 Å². The van der Waals surface area contributed by atoms with E-state index in [2.05, 4.69) is 52.3 Å². The van der Waals surface area contributed by atoms with E-state index in [1.807, 2.05) is 17.8 Å². The van der Waals surface area contributed by atoms with Crippen molar-refractivity contribution in [2.75, 3.05) is 13.1 Å². The van der Waals surface area contributed by atoms with Crippen LogP contribution in [-0.2, 0) is 13.6 Å². The van der Waals surface area contributed by atoms with Gasteiger partial charge >= 0.3 is 0 Å². The van der Waals surface area contributed by atoms with Crippen molar-refractivity contribution in [3.63, 3.8) is 0 Å². The third kappa shape index (κ3) is 3.46. The van der Waals surface area contributed by atoms with Crippen LogP contribution in [0.2, 0.25) is 0 Å². The Labute approximate surface area is 148 Å². The van der Waals surface area contributed by atoms with E-state index in [0.29, 0.717) is 0 Å². The number of likely N-dealkylation sites (tertiary alicyclic amines) is 1. The summed E-state index contributed by atoms with van der Waals surface area (Å²) in [5.74, 6) is 1.02. The molecule has 2 unspecified atom stereocenters. The summed E-state index contributed by atoms with van der Waals surface area (Å²) in [6.07, 6.45) is 5.35. The van der Waals surface area contributed by atoms with Gasteiger partial charge in [0.15, 0.2) is 0 Å². The second-order valence-corrected chi connectivity index (χ2v) is 7.16. The third-order valence-corrected chi connectivity index (χ3v) is 5.33. The number of hydrogen-bond acceptors (Lipinski definition) is 3. The van der Waals surface area contributed by atoms with Crippen molar-refractivity contribution in [2.24, 2.45) is 13.0 Å². The first-order valence-electron chi connectivity index (χ1n) is 9.06. The van der Waals surface area contributed by atoms with Gasteiger partial charge in [-0.05, 0) is 41.8 Å². The zero-order valence-electron chi connectivity index (χ0n) is 14.7. The molecule has 1 aromatic heterocycles. The van der Waals surface area contributed by atoms with Gasteiger partial charge in [-0.1, -0.05) is 36.4 Å².